The Morgan fingerprint density at radius 2 is 2.00 bits per heavy atom. The Morgan fingerprint density at radius 1 is 1.38 bits per heavy atom. The van der Waals surface area contributed by atoms with E-state index in [0.717, 1.165) is 0 Å². The SMILES string of the molecule is COCc1cc(O)c(C(=O)O)c(C2CCC(F)(F)CC2)c1. The third-order valence-corrected chi connectivity index (χ3v) is 3.89. The molecular formula is C15H18F2O4. The van der Waals surface area contributed by atoms with Crippen LogP contribution in [0.3, 0.4) is 0 Å². The molecule has 1 aliphatic rings. The van der Waals surface area contributed by atoms with E-state index in [-0.39, 0.29) is 49.5 Å². The summed E-state index contributed by atoms with van der Waals surface area (Å²) < 4.78 is 31.5. The van der Waals surface area contributed by atoms with Gasteiger partial charge in [0, 0.05) is 20.0 Å². The highest BCUT2D eigenvalue weighted by molar-refractivity contribution is 5.93. The van der Waals surface area contributed by atoms with Gasteiger partial charge in [-0.1, -0.05) is 6.07 Å². The molecule has 0 saturated heterocycles. The van der Waals surface area contributed by atoms with Crippen molar-refractivity contribution in [2.24, 2.45) is 0 Å². The van der Waals surface area contributed by atoms with Crippen molar-refractivity contribution in [2.75, 3.05) is 7.11 Å². The van der Waals surface area contributed by atoms with Crippen molar-refractivity contribution in [3.8, 4) is 5.75 Å². The molecule has 2 rings (SSSR count). The zero-order valence-corrected chi connectivity index (χ0v) is 11.7. The first-order valence-electron chi connectivity index (χ1n) is 6.80. The number of aromatic hydroxyl groups is 1. The summed E-state index contributed by atoms with van der Waals surface area (Å²) in [5, 5.41) is 19.2. The quantitative estimate of drug-likeness (QED) is 0.892. The predicted octanol–water partition coefficient (Wildman–Crippen LogP) is 3.53. The van der Waals surface area contributed by atoms with Crippen LogP contribution in [0.15, 0.2) is 12.1 Å². The van der Waals surface area contributed by atoms with Gasteiger partial charge in [-0.2, -0.15) is 0 Å². The molecule has 21 heavy (non-hydrogen) atoms. The third kappa shape index (κ3) is 3.50. The van der Waals surface area contributed by atoms with E-state index < -0.39 is 11.9 Å². The Hall–Kier alpha value is -1.69. The monoisotopic (exact) mass is 300 g/mol. The van der Waals surface area contributed by atoms with E-state index in [2.05, 4.69) is 0 Å². The number of carbonyl (C=O) groups is 1. The van der Waals surface area contributed by atoms with Gasteiger partial charge in [0.05, 0.1) is 6.61 Å². The van der Waals surface area contributed by atoms with Crippen LogP contribution in [0, 0.1) is 0 Å². The molecule has 0 unspecified atom stereocenters. The molecule has 1 fully saturated rings. The van der Waals surface area contributed by atoms with Gasteiger partial charge < -0.3 is 14.9 Å². The van der Waals surface area contributed by atoms with Crippen LogP contribution >= 0.6 is 0 Å². The van der Waals surface area contributed by atoms with Gasteiger partial charge in [-0.15, -0.1) is 0 Å². The number of benzene rings is 1. The number of hydrogen-bond acceptors (Lipinski definition) is 3. The number of carboxylic acid groups (broad SMARTS) is 1. The molecule has 1 aliphatic carbocycles. The Bertz CT molecular complexity index is 533. The van der Waals surface area contributed by atoms with Crippen molar-refractivity contribution >= 4 is 5.97 Å². The molecule has 6 heteroatoms. The van der Waals surface area contributed by atoms with E-state index in [0.29, 0.717) is 11.1 Å². The second-order valence-electron chi connectivity index (χ2n) is 5.45. The van der Waals surface area contributed by atoms with Crippen LogP contribution in [-0.4, -0.2) is 29.2 Å². The molecule has 0 aromatic heterocycles. The average molecular weight is 300 g/mol. The lowest BCUT2D eigenvalue weighted by atomic mass is 9.80. The maximum atomic E-state index is 13.2. The first-order chi connectivity index (χ1) is 9.84. The minimum atomic E-state index is -2.67. The molecule has 0 atom stereocenters. The Balaban J connectivity index is 2.38. The number of aromatic carboxylic acids is 1. The Morgan fingerprint density at radius 3 is 2.52 bits per heavy atom. The summed E-state index contributed by atoms with van der Waals surface area (Å²) in [6, 6.07) is 2.98. The number of ether oxygens (including phenoxy) is 1. The Kier molecular flexibility index (Phi) is 4.46. The number of alkyl halides is 2. The summed E-state index contributed by atoms with van der Waals surface area (Å²) >= 11 is 0. The fraction of sp³-hybridized carbons (Fsp3) is 0.533. The van der Waals surface area contributed by atoms with Crippen molar-refractivity contribution in [3.05, 3.63) is 28.8 Å². The predicted molar refractivity (Wildman–Crippen MR) is 71.9 cm³/mol. The smallest absolute Gasteiger partial charge is 0.339 e. The molecule has 0 aliphatic heterocycles. The van der Waals surface area contributed by atoms with E-state index in [1.165, 1.54) is 13.2 Å². The summed E-state index contributed by atoms with van der Waals surface area (Å²) in [5.41, 5.74) is 0.863. The Labute approximate surface area is 121 Å². The molecule has 2 N–H and O–H groups in total. The number of phenols is 1. The molecule has 0 radical (unpaired) electrons. The molecule has 1 saturated carbocycles. The van der Waals surface area contributed by atoms with Crippen molar-refractivity contribution in [1.82, 2.24) is 0 Å². The van der Waals surface area contributed by atoms with E-state index >= 15 is 0 Å². The van der Waals surface area contributed by atoms with Crippen LogP contribution in [-0.2, 0) is 11.3 Å². The van der Waals surface area contributed by atoms with Crippen molar-refractivity contribution in [1.29, 1.82) is 0 Å². The molecule has 0 spiro atoms. The maximum absolute atomic E-state index is 13.2. The van der Waals surface area contributed by atoms with Gasteiger partial charge in [-0.05, 0) is 36.0 Å². The number of carboxylic acids is 1. The summed E-state index contributed by atoms with van der Waals surface area (Å²) in [6.45, 7) is 0.226. The highest BCUT2D eigenvalue weighted by Crippen LogP contribution is 2.43. The molecule has 0 amide bonds. The molecule has 0 heterocycles. The molecule has 116 valence electrons. The van der Waals surface area contributed by atoms with E-state index in [9.17, 15) is 23.8 Å². The first kappa shape index (κ1) is 15.7. The van der Waals surface area contributed by atoms with Gasteiger partial charge in [0.2, 0.25) is 5.92 Å². The fourth-order valence-corrected chi connectivity index (χ4v) is 2.87. The van der Waals surface area contributed by atoms with Crippen LogP contribution in [0.4, 0.5) is 8.78 Å². The second kappa shape index (κ2) is 5.97. The van der Waals surface area contributed by atoms with E-state index in [1.807, 2.05) is 0 Å². The van der Waals surface area contributed by atoms with E-state index in [1.54, 1.807) is 6.07 Å². The molecular weight excluding hydrogens is 282 g/mol. The standard InChI is InChI=1S/C15H18F2O4/c1-21-8-9-6-11(13(14(19)20)12(18)7-9)10-2-4-15(16,17)5-3-10/h6-7,10,18H,2-5,8H2,1H3,(H,19,20). The third-order valence-electron chi connectivity index (χ3n) is 3.89. The van der Waals surface area contributed by atoms with Crippen molar-refractivity contribution in [3.63, 3.8) is 0 Å². The van der Waals surface area contributed by atoms with Gasteiger partial charge in [0.1, 0.15) is 11.3 Å². The zero-order chi connectivity index (χ0) is 15.6. The summed E-state index contributed by atoms with van der Waals surface area (Å²) in [5.74, 6) is -4.54. The molecule has 1 aromatic carbocycles. The average Bonchev–Trinajstić information content (AvgIpc) is 2.37. The van der Waals surface area contributed by atoms with Gasteiger partial charge in [0.15, 0.2) is 0 Å². The van der Waals surface area contributed by atoms with Crippen LogP contribution in [0.25, 0.3) is 0 Å². The number of rotatable bonds is 4. The summed E-state index contributed by atoms with van der Waals surface area (Å²) in [4.78, 5) is 11.3. The van der Waals surface area contributed by atoms with Gasteiger partial charge in [-0.25, -0.2) is 13.6 Å². The molecule has 4 nitrogen and oxygen atoms in total. The normalized spacial score (nSPS) is 18.6. The van der Waals surface area contributed by atoms with Crippen LogP contribution < -0.4 is 0 Å². The lowest BCUT2D eigenvalue weighted by Gasteiger charge is -2.29. The minimum Gasteiger partial charge on any atom is -0.507 e. The largest absolute Gasteiger partial charge is 0.507 e. The summed E-state index contributed by atoms with van der Waals surface area (Å²) in [7, 11) is 1.49. The summed E-state index contributed by atoms with van der Waals surface area (Å²) in [6.07, 6.45) is -0.0930. The highest BCUT2D eigenvalue weighted by atomic mass is 19.3. The topological polar surface area (TPSA) is 66.8 Å². The number of hydrogen-bond donors (Lipinski definition) is 2. The second-order valence-corrected chi connectivity index (χ2v) is 5.45. The van der Waals surface area contributed by atoms with Gasteiger partial charge in [0.25, 0.3) is 0 Å². The fourth-order valence-electron chi connectivity index (χ4n) is 2.87. The van der Waals surface area contributed by atoms with Crippen LogP contribution in [0.5, 0.6) is 5.75 Å². The van der Waals surface area contributed by atoms with Crippen LogP contribution in [0.2, 0.25) is 0 Å². The highest BCUT2D eigenvalue weighted by Gasteiger charge is 2.37. The lowest BCUT2D eigenvalue weighted by molar-refractivity contribution is -0.0382. The minimum absolute atomic E-state index is 0.190. The van der Waals surface area contributed by atoms with Crippen molar-refractivity contribution < 1.29 is 28.5 Å². The maximum Gasteiger partial charge on any atom is 0.339 e. The first-order valence-corrected chi connectivity index (χ1v) is 6.80. The van der Waals surface area contributed by atoms with E-state index in [4.69, 9.17) is 4.74 Å². The molecule has 1 aromatic rings. The zero-order valence-electron chi connectivity index (χ0n) is 11.7. The van der Waals surface area contributed by atoms with Crippen LogP contribution in [0.1, 0.15) is 53.1 Å². The van der Waals surface area contributed by atoms with Crippen molar-refractivity contribution in [2.45, 2.75) is 44.1 Å². The molecule has 0 bridgehead atoms. The van der Waals surface area contributed by atoms with Gasteiger partial charge >= 0.3 is 5.97 Å². The van der Waals surface area contributed by atoms with Gasteiger partial charge in [-0.3, -0.25) is 0 Å². The number of methoxy groups -OCH3 is 1. The number of halogens is 2. The lowest BCUT2D eigenvalue weighted by Crippen LogP contribution is -2.24.